The highest BCUT2D eigenvalue weighted by Crippen LogP contribution is 2.54. The smallest absolute Gasteiger partial charge is 0.326 e. The van der Waals surface area contributed by atoms with Crippen molar-refractivity contribution in [2.45, 2.75) is 77.0 Å². The summed E-state index contributed by atoms with van der Waals surface area (Å²) >= 11 is 12.7. The first kappa shape index (κ1) is 34.1. The van der Waals surface area contributed by atoms with Gasteiger partial charge in [0.2, 0.25) is 5.88 Å². The van der Waals surface area contributed by atoms with Crippen LogP contribution in [0.15, 0.2) is 59.7 Å². The number of urea groups is 1. The van der Waals surface area contributed by atoms with E-state index in [4.69, 9.17) is 42.9 Å². The van der Waals surface area contributed by atoms with Gasteiger partial charge in [-0.3, -0.25) is 9.89 Å². The van der Waals surface area contributed by atoms with Crippen molar-refractivity contribution < 1.29 is 19.7 Å². The highest BCUT2D eigenvalue weighted by Gasteiger charge is 2.60. The van der Waals surface area contributed by atoms with Crippen molar-refractivity contribution in [2.24, 2.45) is 10.9 Å². The number of piperidine rings is 1. The van der Waals surface area contributed by atoms with Crippen molar-refractivity contribution in [3.8, 4) is 5.88 Å². The van der Waals surface area contributed by atoms with Crippen molar-refractivity contribution in [2.75, 3.05) is 26.3 Å². The highest BCUT2D eigenvalue weighted by atomic mass is 35.5. The number of rotatable bonds is 7. The molecule has 9 nitrogen and oxygen atoms in total. The van der Waals surface area contributed by atoms with Gasteiger partial charge in [0.1, 0.15) is 22.7 Å². The topological polar surface area (TPSA) is 111 Å². The minimum Gasteiger partial charge on any atom is -0.477 e. The van der Waals surface area contributed by atoms with Crippen LogP contribution in [0.2, 0.25) is 10.0 Å². The number of amidine groups is 1. The molecular formula is C35H43Cl2N5O4. The number of hydrogen-bond acceptors (Lipinski definition) is 7. The first-order valence-corrected chi connectivity index (χ1v) is 16.5. The molecule has 11 heteroatoms. The first-order chi connectivity index (χ1) is 21.7. The first-order valence-electron chi connectivity index (χ1n) is 15.7. The summed E-state index contributed by atoms with van der Waals surface area (Å²) in [7, 11) is 0. The van der Waals surface area contributed by atoms with Gasteiger partial charge in [-0.1, -0.05) is 68.2 Å². The Kier molecular flexibility index (Phi) is 9.72. The second-order valence-corrected chi connectivity index (χ2v) is 14.3. The Labute approximate surface area is 281 Å². The van der Waals surface area contributed by atoms with Crippen molar-refractivity contribution in [3.63, 3.8) is 0 Å². The van der Waals surface area contributed by atoms with Crippen molar-refractivity contribution in [3.05, 3.63) is 87.3 Å². The van der Waals surface area contributed by atoms with E-state index in [1.807, 2.05) is 90.1 Å². The lowest BCUT2D eigenvalue weighted by atomic mass is 9.71. The fraction of sp³-hybridized carbons (Fsp3) is 0.486. The summed E-state index contributed by atoms with van der Waals surface area (Å²) in [6.07, 6.45) is 2.01. The maximum absolute atomic E-state index is 15.0. The van der Waals surface area contributed by atoms with Crippen LogP contribution in [0.3, 0.4) is 0 Å². The molecule has 2 amide bonds. The maximum atomic E-state index is 15.0. The lowest BCUT2D eigenvalue weighted by molar-refractivity contribution is 0.0193. The summed E-state index contributed by atoms with van der Waals surface area (Å²) in [5.41, 5.74) is -0.211. The Morgan fingerprint density at radius 3 is 2.11 bits per heavy atom. The monoisotopic (exact) mass is 667 g/mol. The molecule has 246 valence electrons. The van der Waals surface area contributed by atoms with Crippen molar-refractivity contribution in [1.29, 1.82) is 0 Å². The molecule has 1 fully saturated rings. The number of ether oxygens (including phenoxy) is 1. The van der Waals surface area contributed by atoms with Gasteiger partial charge in [0, 0.05) is 34.7 Å². The lowest BCUT2D eigenvalue weighted by Gasteiger charge is -2.47. The number of aromatic nitrogens is 2. The quantitative estimate of drug-likeness (QED) is 0.295. The van der Waals surface area contributed by atoms with Gasteiger partial charge in [-0.25, -0.2) is 9.78 Å². The van der Waals surface area contributed by atoms with Crippen LogP contribution in [0.1, 0.15) is 76.9 Å². The Hall–Kier alpha value is -3.24. The number of halogens is 2. The average Bonchev–Trinajstić information content (AvgIpc) is 3.28. The molecule has 0 aliphatic carbocycles. The molecule has 1 aromatic heterocycles. The zero-order chi connectivity index (χ0) is 33.4. The van der Waals surface area contributed by atoms with Gasteiger partial charge < -0.3 is 19.8 Å². The molecule has 3 aromatic rings. The predicted molar refractivity (Wildman–Crippen MR) is 181 cm³/mol. The zero-order valence-electron chi connectivity index (χ0n) is 27.3. The number of aliphatic imine (C=N–C) groups is 1. The number of aliphatic hydroxyl groups is 2. The van der Waals surface area contributed by atoms with E-state index in [9.17, 15) is 15.0 Å². The van der Waals surface area contributed by atoms with E-state index >= 15 is 0 Å². The molecule has 2 aliphatic rings. The molecule has 0 spiro atoms. The van der Waals surface area contributed by atoms with Crippen LogP contribution in [0.5, 0.6) is 5.88 Å². The van der Waals surface area contributed by atoms with Gasteiger partial charge in [-0.15, -0.1) is 0 Å². The number of nitrogens with zero attached hydrogens (tertiary/aromatic N) is 5. The fourth-order valence-electron chi connectivity index (χ4n) is 6.46. The van der Waals surface area contributed by atoms with Crippen LogP contribution in [-0.2, 0) is 16.5 Å². The molecule has 0 radical (unpaired) electrons. The standard InChI is InChI=1S/C35H43Cl2N5O4/c1-7-46-30-27(20-38-31(39-30)33(2,3)4)29-40-34(5,23-8-12-25(36)13-9-23)35(6,24-10-14-26(37)15-11-24)42(29)32(45)41-18-16-22(17-19-41)28(44)21-43/h8-15,20,22,28,43-44H,7,16-19,21H2,1-6H3/t28?,34-,35+/m0/s1. The summed E-state index contributed by atoms with van der Waals surface area (Å²) in [5, 5.41) is 21.0. The summed E-state index contributed by atoms with van der Waals surface area (Å²) in [4.78, 5) is 33.5. The molecule has 0 saturated carbocycles. The largest absolute Gasteiger partial charge is 0.477 e. The molecular weight excluding hydrogens is 625 g/mol. The van der Waals surface area contributed by atoms with E-state index in [2.05, 4.69) is 0 Å². The van der Waals surface area contributed by atoms with Crippen LogP contribution >= 0.6 is 23.2 Å². The number of hydrogen-bond donors (Lipinski definition) is 2. The lowest BCUT2D eigenvalue weighted by Crippen LogP contribution is -2.59. The van der Waals surface area contributed by atoms with E-state index in [1.165, 1.54) is 0 Å². The van der Waals surface area contributed by atoms with Crippen LogP contribution in [0, 0.1) is 5.92 Å². The van der Waals surface area contributed by atoms with E-state index in [0.717, 1.165) is 11.1 Å². The summed E-state index contributed by atoms with van der Waals surface area (Å²) in [6.45, 7) is 12.9. The Morgan fingerprint density at radius 2 is 1.59 bits per heavy atom. The normalized spacial score (nSPS) is 23.0. The number of amides is 2. The van der Waals surface area contributed by atoms with Gasteiger partial charge in [0.15, 0.2) is 0 Å². The minimum absolute atomic E-state index is 0.0920. The number of likely N-dealkylation sites (tertiary alicyclic amines) is 1. The third kappa shape index (κ3) is 6.10. The van der Waals surface area contributed by atoms with Crippen LogP contribution in [0.25, 0.3) is 0 Å². The van der Waals surface area contributed by atoms with Crippen LogP contribution in [0.4, 0.5) is 4.79 Å². The molecule has 0 bridgehead atoms. The van der Waals surface area contributed by atoms with Gasteiger partial charge in [-0.05, 0) is 74.9 Å². The molecule has 2 N–H and O–H groups in total. The van der Waals surface area contributed by atoms with Gasteiger partial charge in [0.05, 0.1) is 24.9 Å². The molecule has 1 saturated heterocycles. The number of aliphatic hydroxyl groups excluding tert-OH is 2. The summed E-state index contributed by atoms with van der Waals surface area (Å²) in [6, 6.07) is 14.8. The summed E-state index contributed by atoms with van der Waals surface area (Å²) < 4.78 is 6.12. The van der Waals surface area contributed by atoms with E-state index in [1.54, 1.807) is 16.0 Å². The van der Waals surface area contributed by atoms with Crippen molar-refractivity contribution >= 4 is 35.1 Å². The van der Waals surface area contributed by atoms with Crippen molar-refractivity contribution in [1.82, 2.24) is 19.8 Å². The zero-order valence-corrected chi connectivity index (χ0v) is 28.8. The van der Waals surface area contributed by atoms with Crippen LogP contribution in [-0.4, -0.2) is 74.3 Å². The van der Waals surface area contributed by atoms with E-state index in [-0.39, 0.29) is 24.0 Å². The maximum Gasteiger partial charge on any atom is 0.326 e. The predicted octanol–water partition coefficient (Wildman–Crippen LogP) is 6.56. The average molecular weight is 669 g/mol. The molecule has 5 rings (SSSR count). The third-order valence-corrected chi connectivity index (χ3v) is 9.93. The molecule has 1 unspecified atom stereocenters. The Morgan fingerprint density at radius 1 is 1.02 bits per heavy atom. The highest BCUT2D eigenvalue weighted by molar-refractivity contribution is 6.30. The summed E-state index contributed by atoms with van der Waals surface area (Å²) in [5.74, 6) is 1.26. The van der Waals surface area contributed by atoms with Gasteiger partial charge in [-0.2, -0.15) is 4.98 Å². The van der Waals surface area contributed by atoms with Gasteiger partial charge in [0.25, 0.3) is 0 Å². The minimum atomic E-state index is -1.06. The molecule has 3 atom stereocenters. The molecule has 2 aromatic carbocycles. The molecule has 2 aliphatic heterocycles. The number of carbonyl (C=O) groups excluding carboxylic acids is 1. The van der Waals surface area contributed by atoms with E-state index < -0.39 is 17.2 Å². The number of carbonyl (C=O) groups is 1. The second kappa shape index (κ2) is 13.1. The Bertz CT molecular complexity index is 1590. The fourth-order valence-corrected chi connectivity index (χ4v) is 6.71. The number of benzene rings is 2. The Balaban J connectivity index is 1.74. The third-order valence-electron chi connectivity index (χ3n) is 9.43. The molecule has 3 heterocycles. The second-order valence-electron chi connectivity index (χ2n) is 13.4. The van der Waals surface area contributed by atoms with Gasteiger partial charge >= 0.3 is 6.03 Å². The SMILES string of the molecule is CCOc1nc(C(C)(C)C)ncc1C1=N[C@@](C)(c2ccc(Cl)cc2)[C@@](C)(c2ccc(Cl)cc2)N1C(=O)N1CCC(C(O)CO)CC1. The molecule has 46 heavy (non-hydrogen) atoms. The van der Waals surface area contributed by atoms with Crippen LogP contribution < -0.4 is 4.74 Å². The van der Waals surface area contributed by atoms with E-state index in [0.29, 0.717) is 65.7 Å².